The highest BCUT2D eigenvalue weighted by Gasteiger charge is 2.45. The molecule has 2 aliphatic carbocycles. The van der Waals surface area contributed by atoms with Gasteiger partial charge in [-0.2, -0.15) is 0 Å². The largest absolute Gasteiger partial charge is 0.442 e. The molecule has 136 valence electrons. The third kappa shape index (κ3) is 3.34. The zero-order valence-electron chi connectivity index (χ0n) is 15.8. The standard InChI is InChI=1S/C19H28N4O2/c1-11-13(16(24)22-12(2)18(3)7-8-18)14(17(21-6)25-11)15(20-5)23-19(4)9-10-19/h12,23H,5,7-10H2,1-4,6H3,(H,22,24)/b15-14+,21-17+. The lowest BCUT2D eigenvalue weighted by atomic mass is 9.99. The lowest BCUT2D eigenvalue weighted by molar-refractivity contribution is -0.118. The summed E-state index contributed by atoms with van der Waals surface area (Å²) in [6.45, 7) is 11.9. The van der Waals surface area contributed by atoms with Crippen LogP contribution in [0.25, 0.3) is 0 Å². The van der Waals surface area contributed by atoms with Gasteiger partial charge in [-0.1, -0.05) is 6.92 Å². The number of rotatable bonds is 6. The van der Waals surface area contributed by atoms with E-state index in [1.54, 1.807) is 14.0 Å². The van der Waals surface area contributed by atoms with Gasteiger partial charge in [0.05, 0.1) is 11.1 Å². The average molecular weight is 344 g/mol. The monoisotopic (exact) mass is 344 g/mol. The van der Waals surface area contributed by atoms with Crippen LogP contribution in [-0.2, 0) is 9.53 Å². The number of hydrogen-bond acceptors (Lipinski definition) is 5. The van der Waals surface area contributed by atoms with Crippen molar-refractivity contribution in [3.05, 3.63) is 22.7 Å². The second-order valence-electron chi connectivity index (χ2n) is 7.98. The van der Waals surface area contributed by atoms with E-state index in [0.29, 0.717) is 28.6 Å². The van der Waals surface area contributed by atoms with Gasteiger partial charge < -0.3 is 15.4 Å². The van der Waals surface area contributed by atoms with E-state index in [9.17, 15) is 4.79 Å². The second kappa shape index (κ2) is 6.00. The summed E-state index contributed by atoms with van der Waals surface area (Å²) in [7, 11) is 1.65. The minimum atomic E-state index is -0.143. The molecule has 25 heavy (non-hydrogen) atoms. The molecule has 6 nitrogen and oxygen atoms in total. The number of nitrogens with one attached hydrogen (secondary N) is 2. The van der Waals surface area contributed by atoms with Crippen LogP contribution in [0.3, 0.4) is 0 Å². The third-order valence-electron chi connectivity index (χ3n) is 5.74. The highest BCUT2D eigenvalue weighted by atomic mass is 16.5. The van der Waals surface area contributed by atoms with Crippen LogP contribution in [0.5, 0.6) is 0 Å². The smallest absolute Gasteiger partial charge is 0.255 e. The fourth-order valence-corrected chi connectivity index (χ4v) is 3.03. The predicted octanol–water partition coefficient (Wildman–Crippen LogP) is 2.68. The summed E-state index contributed by atoms with van der Waals surface area (Å²) in [6.07, 6.45) is 4.43. The highest BCUT2D eigenvalue weighted by Crippen LogP contribution is 2.48. The van der Waals surface area contributed by atoms with E-state index < -0.39 is 0 Å². The predicted molar refractivity (Wildman–Crippen MR) is 99.4 cm³/mol. The molecular weight excluding hydrogens is 316 g/mol. The Hall–Kier alpha value is -2.11. The maximum absolute atomic E-state index is 13.0. The summed E-state index contributed by atoms with van der Waals surface area (Å²) in [4.78, 5) is 21.3. The van der Waals surface area contributed by atoms with Crippen LogP contribution in [0.4, 0.5) is 0 Å². The Morgan fingerprint density at radius 1 is 1.28 bits per heavy atom. The molecule has 1 amide bonds. The Morgan fingerprint density at radius 3 is 2.40 bits per heavy atom. The first kappa shape index (κ1) is 17.7. The second-order valence-corrected chi connectivity index (χ2v) is 7.98. The number of ether oxygens (including phenoxy) is 1. The molecule has 2 saturated carbocycles. The van der Waals surface area contributed by atoms with Gasteiger partial charge in [0.15, 0.2) is 0 Å². The SMILES string of the molecule is C=N/C(NC1(C)CC1)=C1/C(C(=O)NC(C)C2(C)CC2)=C(C)O/C1=N/C. The van der Waals surface area contributed by atoms with Crippen molar-refractivity contribution < 1.29 is 9.53 Å². The first-order valence-corrected chi connectivity index (χ1v) is 8.89. The first-order chi connectivity index (χ1) is 11.7. The molecule has 3 rings (SSSR count). The van der Waals surface area contributed by atoms with E-state index in [0.717, 1.165) is 25.7 Å². The molecule has 0 bridgehead atoms. The lowest BCUT2D eigenvalue weighted by Crippen LogP contribution is -2.39. The molecule has 1 heterocycles. The van der Waals surface area contributed by atoms with Crippen LogP contribution in [0.15, 0.2) is 32.7 Å². The first-order valence-electron chi connectivity index (χ1n) is 8.89. The zero-order valence-corrected chi connectivity index (χ0v) is 15.8. The number of carbonyl (C=O) groups excluding carboxylic acids is 1. The Morgan fingerprint density at radius 2 is 1.92 bits per heavy atom. The summed E-state index contributed by atoms with van der Waals surface area (Å²) in [6, 6.07) is 0.109. The molecule has 6 heteroatoms. The van der Waals surface area contributed by atoms with Gasteiger partial charge in [0.2, 0.25) is 5.90 Å². The fourth-order valence-electron chi connectivity index (χ4n) is 3.03. The van der Waals surface area contributed by atoms with Crippen molar-refractivity contribution in [1.29, 1.82) is 0 Å². The van der Waals surface area contributed by atoms with Gasteiger partial charge in [-0.3, -0.25) is 9.79 Å². The van der Waals surface area contributed by atoms with Crippen molar-refractivity contribution in [1.82, 2.24) is 10.6 Å². The van der Waals surface area contributed by atoms with Crippen molar-refractivity contribution in [2.75, 3.05) is 7.05 Å². The number of hydrogen-bond donors (Lipinski definition) is 2. The van der Waals surface area contributed by atoms with Crippen LogP contribution < -0.4 is 10.6 Å². The molecule has 3 aliphatic rings. The molecular formula is C19H28N4O2. The number of carbonyl (C=O) groups is 1. The average Bonchev–Trinajstić information content (AvgIpc) is 3.46. The maximum Gasteiger partial charge on any atom is 0.255 e. The van der Waals surface area contributed by atoms with E-state index in [1.165, 1.54) is 0 Å². The van der Waals surface area contributed by atoms with Crippen molar-refractivity contribution in [3.63, 3.8) is 0 Å². The van der Waals surface area contributed by atoms with Crippen LogP contribution in [0.1, 0.15) is 53.4 Å². The molecule has 0 aromatic heterocycles. The van der Waals surface area contributed by atoms with E-state index in [-0.39, 0.29) is 22.9 Å². The van der Waals surface area contributed by atoms with Gasteiger partial charge >= 0.3 is 0 Å². The normalized spacial score (nSPS) is 27.5. The summed E-state index contributed by atoms with van der Waals surface area (Å²) >= 11 is 0. The molecule has 1 atom stereocenters. The molecule has 0 aromatic carbocycles. The van der Waals surface area contributed by atoms with Crippen molar-refractivity contribution in [3.8, 4) is 0 Å². The Balaban J connectivity index is 1.92. The van der Waals surface area contributed by atoms with Crippen LogP contribution in [0, 0.1) is 5.41 Å². The van der Waals surface area contributed by atoms with Crippen molar-refractivity contribution >= 4 is 18.5 Å². The van der Waals surface area contributed by atoms with Crippen LogP contribution in [-0.4, -0.2) is 37.2 Å². The maximum atomic E-state index is 13.0. The summed E-state index contributed by atoms with van der Waals surface area (Å²) in [5.74, 6) is 1.38. The molecule has 0 saturated heterocycles. The lowest BCUT2D eigenvalue weighted by Gasteiger charge is -2.21. The van der Waals surface area contributed by atoms with Gasteiger partial charge in [-0.25, -0.2) is 4.99 Å². The quantitative estimate of drug-likeness (QED) is 0.728. The van der Waals surface area contributed by atoms with Gasteiger partial charge in [-0.05, 0) is 58.6 Å². The van der Waals surface area contributed by atoms with Crippen molar-refractivity contribution in [2.24, 2.45) is 15.4 Å². The minimum absolute atomic E-state index is 0.00916. The van der Waals surface area contributed by atoms with Crippen LogP contribution >= 0.6 is 0 Å². The van der Waals surface area contributed by atoms with E-state index in [4.69, 9.17) is 4.74 Å². The Labute approximate surface area is 149 Å². The molecule has 0 spiro atoms. The number of aliphatic imine (C=N–C) groups is 2. The van der Waals surface area contributed by atoms with E-state index >= 15 is 0 Å². The molecule has 0 aromatic rings. The summed E-state index contributed by atoms with van der Waals surface area (Å²) < 4.78 is 5.74. The van der Waals surface area contributed by atoms with E-state index in [2.05, 4.69) is 48.1 Å². The van der Waals surface area contributed by atoms with Crippen molar-refractivity contribution in [2.45, 2.75) is 65.0 Å². The molecule has 2 N–H and O–H groups in total. The topological polar surface area (TPSA) is 75.1 Å². The fraction of sp³-hybridized carbons (Fsp3) is 0.632. The Kier molecular flexibility index (Phi) is 4.25. The molecule has 2 fully saturated rings. The minimum Gasteiger partial charge on any atom is -0.442 e. The highest BCUT2D eigenvalue weighted by molar-refractivity contribution is 6.14. The molecule has 1 aliphatic heterocycles. The number of amides is 1. The zero-order chi connectivity index (χ0) is 18.4. The molecule has 1 unspecified atom stereocenters. The van der Waals surface area contributed by atoms with Gasteiger partial charge in [-0.15, -0.1) is 0 Å². The van der Waals surface area contributed by atoms with Crippen LogP contribution in [0.2, 0.25) is 0 Å². The van der Waals surface area contributed by atoms with Gasteiger partial charge in [0.1, 0.15) is 11.6 Å². The summed E-state index contributed by atoms with van der Waals surface area (Å²) in [5.41, 5.74) is 1.31. The van der Waals surface area contributed by atoms with Gasteiger partial charge in [0.25, 0.3) is 5.91 Å². The number of nitrogens with zero attached hydrogens (tertiary/aromatic N) is 2. The van der Waals surface area contributed by atoms with Gasteiger partial charge in [0, 0.05) is 18.6 Å². The third-order valence-corrected chi connectivity index (χ3v) is 5.74. The summed E-state index contributed by atoms with van der Waals surface area (Å²) in [5, 5.41) is 6.53. The Bertz CT molecular complexity index is 709. The molecule has 0 radical (unpaired) electrons. The van der Waals surface area contributed by atoms with E-state index in [1.807, 2.05) is 0 Å². The number of allylic oxidation sites excluding steroid dienone is 1.